The third-order valence-corrected chi connectivity index (χ3v) is 5.85. The fourth-order valence-electron chi connectivity index (χ4n) is 3.08. The van der Waals surface area contributed by atoms with Gasteiger partial charge in [0.05, 0.1) is 27.9 Å². The van der Waals surface area contributed by atoms with Crippen LogP contribution < -0.4 is 15.4 Å². The van der Waals surface area contributed by atoms with Gasteiger partial charge in [-0.15, -0.1) is 11.3 Å². The number of para-hydroxylation sites is 2. The molecule has 0 unspecified atom stereocenters. The third-order valence-electron chi connectivity index (χ3n) is 4.56. The molecule has 1 heterocycles. The fourth-order valence-corrected chi connectivity index (χ4v) is 4.25. The Morgan fingerprint density at radius 2 is 1.88 bits per heavy atom. The molecule has 0 aliphatic rings. The summed E-state index contributed by atoms with van der Waals surface area (Å²) in [6, 6.07) is 19.0. The van der Waals surface area contributed by atoms with Crippen LogP contribution in [0.25, 0.3) is 20.8 Å². The number of benzene rings is 3. The lowest BCUT2D eigenvalue weighted by Crippen LogP contribution is -2.34. The Morgan fingerprint density at radius 1 is 1.12 bits per heavy atom. The zero-order valence-electron chi connectivity index (χ0n) is 16.7. The fraction of sp³-hybridized carbons (Fsp3) is 0.0455. The Kier molecular flexibility index (Phi) is 6.06. The van der Waals surface area contributed by atoms with Crippen LogP contribution in [-0.2, 0) is 0 Å². The smallest absolute Gasteiger partial charge is 0.282 e. The molecule has 8 nitrogen and oxygen atoms in total. The maximum atomic E-state index is 12.5. The van der Waals surface area contributed by atoms with Gasteiger partial charge in [0.1, 0.15) is 16.3 Å². The summed E-state index contributed by atoms with van der Waals surface area (Å²) in [5.41, 5.74) is 1.89. The van der Waals surface area contributed by atoms with E-state index in [-0.39, 0.29) is 16.4 Å². The largest absolute Gasteiger partial charge is 0.495 e. The molecule has 160 valence electrons. The molecule has 0 radical (unpaired) electrons. The van der Waals surface area contributed by atoms with Crippen LogP contribution in [0.1, 0.15) is 10.4 Å². The number of carbonyl (C=O) groups excluding carboxylic acids is 1. The number of carbonyl (C=O) groups is 1. The van der Waals surface area contributed by atoms with Gasteiger partial charge in [-0.2, -0.15) is 0 Å². The molecule has 0 fully saturated rings. The van der Waals surface area contributed by atoms with E-state index in [2.05, 4.69) is 15.6 Å². The molecule has 0 spiro atoms. The van der Waals surface area contributed by atoms with Gasteiger partial charge in [0.15, 0.2) is 5.11 Å². The summed E-state index contributed by atoms with van der Waals surface area (Å²) in [5, 5.41) is 17.4. The molecule has 0 bridgehead atoms. The Balaban J connectivity index is 1.57. The number of thiazole rings is 1. The van der Waals surface area contributed by atoms with Gasteiger partial charge in [-0.25, -0.2) is 4.98 Å². The molecule has 32 heavy (non-hydrogen) atoms. The molecule has 4 aromatic rings. The molecule has 4 rings (SSSR count). The number of nitrogens with zero attached hydrogens (tertiary/aromatic N) is 2. The molecule has 2 N–H and O–H groups in total. The highest BCUT2D eigenvalue weighted by molar-refractivity contribution is 7.80. The van der Waals surface area contributed by atoms with Crippen molar-refractivity contribution in [3.8, 4) is 16.3 Å². The predicted molar refractivity (Wildman–Crippen MR) is 128 cm³/mol. The Morgan fingerprint density at radius 3 is 2.62 bits per heavy atom. The van der Waals surface area contributed by atoms with Crippen molar-refractivity contribution in [3.05, 3.63) is 82.4 Å². The minimum absolute atomic E-state index is 0.0205. The van der Waals surface area contributed by atoms with Crippen LogP contribution in [-0.4, -0.2) is 28.0 Å². The van der Waals surface area contributed by atoms with Crippen LogP contribution in [0.3, 0.4) is 0 Å². The van der Waals surface area contributed by atoms with Gasteiger partial charge < -0.3 is 10.1 Å². The lowest BCUT2D eigenvalue weighted by Gasteiger charge is -2.14. The highest BCUT2D eigenvalue weighted by atomic mass is 32.1. The normalized spacial score (nSPS) is 10.5. The van der Waals surface area contributed by atoms with E-state index in [0.29, 0.717) is 11.4 Å². The van der Waals surface area contributed by atoms with Crippen molar-refractivity contribution in [3.63, 3.8) is 0 Å². The number of amides is 1. The number of hydrogen-bond acceptors (Lipinski definition) is 7. The van der Waals surface area contributed by atoms with Crippen molar-refractivity contribution in [2.24, 2.45) is 0 Å². The Labute approximate surface area is 192 Å². The molecule has 10 heteroatoms. The van der Waals surface area contributed by atoms with Crippen molar-refractivity contribution < 1.29 is 14.5 Å². The van der Waals surface area contributed by atoms with Crippen molar-refractivity contribution in [2.45, 2.75) is 0 Å². The number of nitrogens with one attached hydrogen (secondary N) is 2. The van der Waals surface area contributed by atoms with Gasteiger partial charge in [0.25, 0.3) is 11.6 Å². The molecule has 0 saturated carbocycles. The average molecular weight is 465 g/mol. The quantitative estimate of drug-likeness (QED) is 0.243. The maximum Gasteiger partial charge on any atom is 0.282 e. The number of hydrogen-bond donors (Lipinski definition) is 2. The molecule has 1 aromatic heterocycles. The number of thiocarbonyl (C=S) groups is 1. The molecule has 3 aromatic carbocycles. The third kappa shape index (κ3) is 4.41. The molecule has 0 saturated heterocycles. The number of nitro benzene ring substituents is 1. The van der Waals surface area contributed by atoms with E-state index in [4.69, 9.17) is 17.0 Å². The summed E-state index contributed by atoms with van der Waals surface area (Å²) in [7, 11) is 1.52. The van der Waals surface area contributed by atoms with Crippen LogP contribution in [0.4, 0.5) is 11.4 Å². The maximum absolute atomic E-state index is 12.5. The van der Waals surface area contributed by atoms with E-state index in [1.54, 1.807) is 23.5 Å². The van der Waals surface area contributed by atoms with Crippen molar-refractivity contribution in [2.75, 3.05) is 12.4 Å². The summed E-state index contributed by atoms with van der Waals surface area (Å²) in [6.07, 6.45) is 0. The summed E-state index contributed by atoms with van der Waals surface area (Å²) in [4.78, 5) is 27.8. The minimum atomic E-state index is -0.684. The zero-order chi connectivity index (χ0) is 22.7. The average Bonchev–Trinajstić information content (AvgIpc) is 3.23. The van der Waals surface area contributed by atoms with Gasteiger partial charge in [-0.3, -0.25) is 20.2 Å². The molecular weight excluding hydrogens is 448 g/mol. The summed E-state index contributed by atoms with van der Waals surface area (Å²) >= 11 is 6.82. The minimum Gasteiger partial charge on any atom is -0.495 e. The molecule has 0 aliphatic carbocycles. The van der Waals surface area contributed by atoms with Gasteiger partial charge in [-0.1, -0.05) is 24.3 Å². The second-order valence-corrected chi connectivity index (χ2v) is 8.02. The standard InChI is InChI=1S/C22H16N4O4S2/c1-30-18-11-10-13(21-23-15-7-3-5-9-19(15)32-21)12-16(18)24-22(31)25-20(27)14-6-2-4-8-17(14)26(28)29/h2-12H,1H3,(H2,24,25,27,31). The van der Waals surface area contributed by atoms with E-state index >= 15 is 0 Å². The van der Waals surface area contributed by atoms with Crippen LogP contribution in [0.15, 0.2) is 66.7 Å². The molecule has 1 amide bonds. The lowest BCUT2D eigenvalue weighted by atomic mass is 10.1. The number of nitro groups is 1. The lowest BCUT2D eigenvalue weighted by molar-refractivity contribution is -0.385. The topological polar surface area (TPSA) is 106 Å². The molecule has 0 atom stereocenters. The number of methoxy groups -OCH3 is 1. The second kappa shape index (κ2) is 9.08. The van der Waals surface area contributed by atoms with E-state index < -0.39 is 10.8 Å². The van der Waals surface area contributed by atoms with Crippen molar-refractivity contribution in [1.82, 2.24) is 10.3 Å². The summed E-state index contributed by atoms with van der Waals surface area (Å²) in [6.45, 7) is 0. The van der Waals surface area contributed by atoms with Crippen LogP contribution >= 0.6 is 23.6 Å². The number of rotatable bonds is 5. The van der Waals surface area contributed by atoms with Crippen LogP contribution in [0.5, 0.6) is 5.75 Å². The van der Waals surface area contributed by atoms with E-state index in [9.17, 15) is 14.9 Å². The number of ether oxygens (including phenoxy) is 1. The van der Waals surface area contributed by atoms with Crippen LogP contribution in [0.2, 0.25) is 0 Å². The van der Waals surface area contributed by atoms with Gasteiger partial charge in [0, 0.05) is 11.6 Å². The van der Waals surface area contributed by atoms with E-state index in [1.807, 2.05) is 36.4 Å². The van der Waals surface area contributed by atoms with Crippen LogP contribution in [0, 0.1) is 10.1 Å². The monoisotopic (exact) mass is 464 g/mol. The first kappa shape index (κ1) is 21.3. The van der Waals surface area contributed by atoms with Crippen molar-refractivity contribution in [1.29, 1.82) is 0 Å². The SMILES string of the molecule is COc1ccc(-c2nc3ccccc3s2)cc1NC(=S)NC(=O)c1ccccc1[N+](=O)[O-]. The highest BCUT2D eigenvalue weighted by Crippen LogP contribution is 2.34. The first-order chi connectivity index (χ1) is 15.5. The van der Waals surface area contributed by atoms with Gasteiger partial charge in [0.2, 0.25) is 0 Å². The molecular formula is C22H16N4O4S2. The number of anilines is 1. The second-order valence-electron chi connectivity index (χ2n) is 6.58. The number of fused-ring (bicyclic) bond motifs is 1. The van der Waals surface area contributed by atoms with E-state index in [0.717, 1.165) is 20.8 Å². The Bertz CT molecular complexity index is 1320. The first-order valence-corrected chi connectivity index (χ1v) is 10.6. The molecule has 0 aliphatic heterocycles. The first-order valence-electron chi connectivity index (χ1n) is 9.36. The van der Waals surface area contributed by atoms with Gasteiger partial charge in [-0.05, 0) is 48.6 Å². The van der Waals surface area contributed by atoms with Gasteiger partial charge >= 0.3 is 0 Å². The predicted octanol–water partition coefficient (Wildman–Crippen LogP) is 5.01. The summed E-state index contributed by atoms with van der Waals surface area (Å²) in [5.74, 6) is -0.173. The Hall–Kier alpha value is -3.89. The number of aromatic nitrogens is 1. The zero-order valence-corrected chi connectivity index (χ0v) is 18.3. The highest BCUT2D eigenvalue weighted by Gasteiger charge is 2.20. The van der Waals surface area contributed by atoms with E-state index in [1.165, 1.54) is 25.3 Å². The van der Waals surface area contributed by atoms with Crippen molar-refractivity contribution >= 4 is 56.2 Å². The summed E-state index contributed by atoms with van der Waals surface area (Å²) < 4.78 is 6.46.